The molecule has 1 aromatic heterocycles. The lowest BCUT2D eigenvalue weighted by Gasteiger charge is -2.12. The molecule has 10 heteroatoms. The zero-order valence-electron chi connectivity index (χ0n) is 13.5. The van der Waals surface area contributed by atoms with Crippen LogP contribution in [0.2, 0.25) is 5.02 Å². The molecule has 0 atom stereocenters. The van der Waals surface area contributed by atoms with E-state index in [1.54, 1.807) is 0 Å². The molecule has 0 spiro atoms. The van der Waals surface area contributed by atoms with E-state index in [0.29, 0.717) is 16.1 Å². The molecule has 0 fully saturated rings. The van der Waals surface area contributed by atoms with Crippen LogP contribution in [-0.2, 0) is 12.8 Å². The minimum Gasteiger partial charge on any atom is -0.488 e. The number of nitrogens with zero attached hydrogens (tertiary/aromatic N) is 2. The molecule has 0 bridgehead atoms. The van der Waals surface area contributed by atoms with Gasteiger partial charge in [0.1, 0.15) is 18.1 Å². The summed E-state index contributed by atoms with van der Waals surface area (Å²) in [6.45, 7) is -0.137. The van der Waals surface area contributed by atoms with Crippen LogP contribution >= 0.6 is 11.6 Å². The predicted octanol–water partition coefficient (Wildman–Crippen LogP) is 3.82. The number of aromatic amines is 1. The van der Waals surface area contributed by atoms with Crippen molar-refractivity contribution in [3.05, 3.63) is 64.3 Å². The van der Waals surface area contributed by atoms with Crippen LogP contribution in [0.5, 0.6) is 5.75 Å². The fraction of sp³-hybridized carbons (Fsp3) is 0.118. The Labute approximate surface area is 156 Å². The Morgan fingerprint density at radius 3 is 2.67 bits per heavy atom. The minimum atomic E-state index is -4.45. The van der Waals surface area contributed by atoms with Crippen molar-refractivity contribution in [2.45, 2.75) is 12.8 Å². The van der Waals surface area contributed by atoms with E-state index >= 15 is 0 Å². The van der Waals surface area contributed by atoms with Gasteiger partial charge in [-0.2, -0.15) is 28.6 Å². The topological polar surface area (TPSA) is 93.9 Å². The first kappa shape index (κ1) is 18.7. The lowest BCUT2D eigenvalue weighted by Crippen LogP contribution is -2.13. The number of hydrogen-bond acceptors (Lipinski definition) is 4. The zero-order chi connectivity index (χ0) is 19.6. The first-order valence-electron chi connectivity index (χ1n) is 7.55. The van der Waals surface area contributed by atoms with E-state index in [2.05, 4.69) is 15.4 Å². The SMILES string of the molecule is NC(=O)c1n[nH]nc1-c1cc(Cl)ccc1OCc1cccc(C(F)(F)F)c1. The van der Waals surface area contributed by atoms with Gasteiger partial charge in [0.05, 0.1) is 5.56 Å². The van der Waals surface area contributed by atoms with Crippen molar-refractivity contribution in [2.75, 3.05) is 0 Å². The van der Waals surface area contributed by atoms with Crippen molar-refractivity contribution >= 4 is 17.5 Å². The van der Waals surface area contributed by atoms with Crippen LogP contribution in [0.1, 0.15) is 21.6 Å². The highest BCUT2D eigenvalue weighted by Gasteiger charge is 2.30. The largest absolute Gasteiger partial charge is 0.488 e. The highest BCUT2D eigenvalue weighted by Crippen LogP contribution is 2.34. The van der Waals surface area contributed by atoms with Crippen molar-refractivity contribution < 1.29 is 22.7 Å². The second-order valence-corrected chi connectivity index (χ2v) is 5.95. The third-order valence-electron chi connectivity index (χ3n) is 3.63. The van der Waals surface area contributed by atoms with Crippen LogP contribution in [0.25, 0.3) is 11.3 Å². The van der Waals surface area contributed by atoms with E-state index in [9.17, 15) is 18.0 Å². The minimum absolute atomic E-state index is 0.110. The summed E-state index contributed by atoms with van der Waals surface area (Å²) in [5, 5.41) is 10.2. The maximum atomic E-state index is 12.8. The van der Waals surface area contributed by atoms with Crippen LogP contribution in [0.3, 0.4) is 0 Å². The number of carbonyl (C=O) groups excluding carboxylic acids is 1. The first-order chi connectivity index (χ1) is 12.8. The first-order valence-corrected chi connectivity index (χ1v) is 7.93. The lowest BCUT2D eigenvalue weighted by molar-refractivity contribution is -0.137. The van der Waals surface area contributed by atoms with Crippen LogP contribution in [0, 0.1) is 0 Å². The number of amides is 1. The Kier molecular flexibility index (Phi) is 5.04. The van der Waals surface area contributed by atoms with Gasteiger partial charge in [0.2, 0.25) is 0 Å². The summed E-state index contributed by atoms with van der Waals surface area (Å²) in [5.74, 6) is -0.546. The standard InChI is InChI=1S/C17H12ClF3N4O2/c18-11-4-5-13(12(7-11)14-15(16(22)26)24-25-23-14)27-8-9-2-1-3-10(6-9)17(19,20)21/h1-7H,8H2,(H2,22,26)(H,23,24,25). The van der Waals surface area contributed by atoms with Gasteiger partial charge >= 0.3 is 6.18 Å². The number of benzene rings is 2. The zero-order valence-corrected chi connectivity index (χ0v) is 14.3. The van der Waals surface area contributed by atoms with E-state index in [1.165, 1.54) is 30.3 Å². The molecule has 3 rings (SSSR count). The quantitative estimate of drug-likeness (QED) is 0.685. The number of H-pyrrole nitrogens is 1. The summed E-state index contributed by atoms with van der Waals surface area (Å²) in [6.07, 6.45) is -4.45. The molecule has 6 nitrogen and oxygen atoms in total. The van der Waals surface area contributed by atoms with Gasteiger partial charge < -0.3 is 10.5 Å². The number of ether oxygens (including phenoxy) is 1. The highest BCUT2D eigenvalue weighted by atomic mass is 35.5. The third-order valence-corrected chi connectivity index (χ3v) is 3.86. The number of carbonyl (C=O) groups is 1. The molecule has 0 aliphatic carbocycles. The summed E-state index contributed by atoms with van der Waals surface area (Å²) in [6, 6.07) is 9.34. The highest BCUT2D eigenvalue weighted by molar-refractivity contribution is 6.31. The van der Waals surface area contributed by atoms with Crippen LogP contribution in [0.15, 0.2) is 42.5 Å². The average Bonchev–Trinajstić information content (AvgIpc) is 3.10. The van der Waals surface area contributed by atoms with E-state index in [-0.39, 0.29) is 23.7 Å². The Morgan fingerprint density at radius 1 is 1.19 bits per heavy atom. The van der Waals surface area contributed by atoms with Crippen molar-refractivity contribution in [1.82, 2.24) is 15.4 Å². The lowest BCUT2D eigenvalue weighted by atomic mass is 10.1. The Hall–Kier alpha value is -3.07. The summed E-state index contributed by atoms with van der Waals surface area (Å²) in [4.78, 5) is 11.5. The van der Waals surface area contributed by atoms with Gasteiger partial charge in [0.25, 0.3) is 5.91 Å². The van der Waals surface area contributed by atoms with E-state index < -0.39 is 17.6 Å². The molecule has 3 aromatic rings. The number of halogens is 4. The number of nitrogens with two attached hydrogens (primary N) is 1. The van der Waals surface area contributed by atoms with E-state index in [0.717, 1.165) is 12.1 Å². The normalized spacial score (nSPS) is 11.4. The number of primary amides is 1. The summed E-state index contributed by atoms with van der Waals surface area (Å²) >= 11 is 6.00. The van der Waals surface area contributed by atoms with E-state index in [1.807, 2.05) is 0 Å². The molecule has 0 aliphatic rings. The number of hydrogen-bond donors (Lipinski definition) is 2. The monoisotopic (exact) mass is 396 g/mol. The molecular formula is C17H12ClF3N4O2. The maximum absolute atomic E-state index is 12.8. The van der Waals surface area contributed by atoms with Crippen LogP contribution < -0.4 is 10.5 Å². The molecular weight excluding hydrogens is 385 g/mol. The number of rotatable bonds is 5. The Morgan fingerprint density at radius 2 is 1.96 bits per heavy atom. The van der Waals surface area contributed by atoms with Crippen molar-refractivity contribution in [3.8, 4) is 17.0 Å². The van der Waals surface area contributed by atoms with Gasteiger partial charge in [0, 0.05) is 10.6 Å². The molecule has 0 aliphatic heterocycles. The summed E-state index contributed by atoms with van der Waals surface area (Å²) < 4.78 is 44.1. The molecule has 0 saturated heterocycles. The summed E-state index contributed by atoms with van der Waals surface area (Å²) in [7, 11) is 0. The number of nitrogens with one attached hydrogen (secondary N) is 1. The van der Waals surface area contributed by atoms with Crippen molar-refractivity contribution in [3.63, 3.8) is 0 Å². The number of aromatic nitrogens is 3. The summed E-state index contributed by atoms with van der Waals surface area (Å²) in [5.41, 5.74) is 5.16. The second-order valence-electron chi connectivity index (χ2n) is 5.51. The molecule has 0 radical (unpaired) electrons. The van der Waals surface area contributed by atoms with Gasteiger partial charge in [-0.1, -0.05) is 23.7 Å². The maximum Gasteiger partial charge on any atom is 0.416 e. The van der Waals surface area contributed by atoms with E-state index in [4.69, 9.17) is 22.1 Å². The fourth-order valence-corrected chi connectivity index (χ4v) is 2.57. The van der Waals surface area contributed by atoms with Gasteiger partial charge in [-0.05, 0) is 35.9 Å². The van der Waals surface area contributed by atoms with Crippen molar-refractivity contribution in [1.29, 1.82) is 0 Å². The van der Waals surface area contributed by atoms with Crippen LogP contribution in [-0.4, -0.2) is 21.3 Å². The average molecular weight is 397 g/mol. The molecule has 0 unspecified atom stereocenters. The molecule has 3 N–H and O–H groups in total. The fourth-order valence-electron chi connectivity index (χ4n) is 2.40. The molecule has 27 heavy (non-hydrogen) atoms. The third kappa shape index (κ3) is 4.20. The molecule has 1 heterocycles. The van der Waals surface area contributed by atoms with Gasteiger partial charge in [-0.25, -0.2) is 0 Å². The Balaban J connectivity index is 1.91. The van der Waals surface area contributed by atoms with Crippen LogP contribution in [0.4, 0.5) is 13.2 Å². The van der Waals surface area contributed by atoms with Crippen molar-refractivity contribution in [2.24, 2.45) is 5.73 Å². The van der Waals surface area contributed by atoms with Gasteiger partial charge in [-0.15, -0.1) is 0 Å². The predicted molar refractivity (Wildman–Crippen MR) is 91.1 cm³/mol. The van der Waals surface area contributed by atoms with Gasteiger partial charge in [0.15, 0.2) is 5.69 Å². The molecule has 1 amide bonds. The molecule has 0 saturated carbocycles. The van der Waals surface area contributed by atoms with Gasteiger partial charge in [-0.3, -0.25) is 4.79 Å². The number of alkyl halides is 3. The smallest absolute Gasteiger partial charge is 0.416 e. The molecule has 2 aromatic carbocycles. The molecule has 140 valence electrons. The Bertz CT molecular complexity index is 988. The second kappa shape index (κ2) is 7.28.